The third-order valence-corrected chi connectivity index (χ3v) is 13.4. The Labute approximate surface area is 292 Å². The van der Waals surface area contributed by atoms with Crippen molar-refractivity contribution in [3.63, 3.8) is 0 Å². The lowest BCUT2D eigenvalue weighted by Crippen LogP contribution is -2.42. The number of hydrogen-bond donors (Lipinski definition) is 2. The van der Waals surface area contributed by atoms with Crippen LogP contribution in [0.1, 0.15) is 22.8 Å². The fourth-order valence-electron chi connectivity index (χ4n) is 8.77. The van der Waals surface area contributed by atoms with Gasteiger partial charge in [0.2, 0.25) is 11.8 Å². The Balaban J connectivity index is 1.05. The van der Waals surface area contributed by atoms with Crippen LogP contribution < -0.4 is 19.8 Å². The number of anilines is 2. The van der Waals surface area contributed by atoms with Crippen LogP contribution in [-0.2, 0) is 14.4 Å². The lowest BCUT2D eigenvalue weighted by atomic mass is 9.68. The van der Waals surface area contributed by atoms with Gasteiger partial charge in [0, 0.05) is 37.7 Å². The molecule has 3 fully saturated rings. The van der Waals surface area contributed by atoms with Gasteiger partial charge in [-0.3, -0.25) is 24.1 Å². The molecule has 0 spiro atoms. The normalized spacial score (nSPS) is 26.5. The molecule has 2 aliphatic carbocycles. The molecule has 7 atom stereocenters. The van der Waals surface area contributed by atoms with Crippen LogP contribution in [0, 0.1) is 35.4 Å². The molecule has 4 aliphatic rings. The Hall–Kier alpha value is -4.45. The van der Waals surface area contributed by atoms with E-state index in [0.29, 0.717) is 28.6 Å². The first kappa shape index (κ1) is 30.6. The average Bonchev–Trinajstić information content (AvgIpc) is 3.83. The van der Waals surface area contributed by atoms with Gasteiger partial charge in [0.15, 0.2) is 6.61 Å². The zero-order valence-electron chi connectivity index (χ0n) is 25.6. The van der Waals surface area contributed by atoms with Crippen molar-refractivity contribution >= 4 is 74.6 Å². The Kier molecular flexibility index (Phi) is 7.22. The zero-order valence-corrected chi connectivity index (χ0v) is 28.0. The Bertz CT molecular complexity index is 2250. The molecule has 0 radical (unpaired) electrons. The van der Waals surface area contributed by atoms with E-state index in [0.717, 1.165) is 37.6 Å². The predicted octanol–water partition coefficient (Wildman–Crippen LogP) is 7.08. The van der Waals surface area contributed by atoms with Gasteiger partial charge in [0.1, 0.15) is 11.6 Å². The Morgan fingerprint density at radius 3 is 2.53 bits per heavy atom. The molecule has 2 N–H and O–H groups in total. The van der Waals surface area contributed by atoms with Crippen molar-refractivity contribution in [3.8, 4) is 5.75 Å². The van der Waals surface area contributed by atoms with E-state index >= 15 is 0 Å². The highest BCUT2D eigenvalue weighted by Gasteiger charge is 2.69. The van der Waals surface area contributed by atoms with Gasteiger partial charge in [0.05, 0.1) is 22.5 Å². The average molecular weight is 712 g/mol. The minimum Gasteiger partial charge on any atom is -0.483 e. The van der Waals surface area contributed by atoms with Gasteiger partial charge < -0.3 is 15.0 Å². The molecular formula is C37H27ClFN3O5S2. The number of rotatable bonds is 6. The van der Waals surface area contributed by atoms with Gasteiger partial charge in [0.25, 0.3) is 5.91 Å². The second kappa shape index (κ2) is 11.6. The monoisotopic (exact) mass is 711 g/mol. The summed E-state index contributed by atoms with van der Waals surface area (Å²) in [4.78, 5) is 58.8. The first-order chi connectivity index (χ1) is 23.8. The zero-order chi connectivity index (χ0) is 33.6. The van der Waals surface area contributed by atoms with Crippen molar-refractivity contribution in [3.05, 3.63) is 116 Å². The van der Waals surface area contributed by atoms with E-state index < -0.39 is 17.7 Å². The largest absolute Gasteiger partial charge is 0.483 e. The molecule has 4 aromatic carbocycles. The van der Waals surface area contributed by atoms with Gasteiger partial charge in [-0.05, 0) is 78.1 Å². The standard InChI is InChI=1S/C37H27ClFN3O5S2/c38-18-8-13-26(47-16-27(43)40-25-7-3-5-17-4-1-2-6-21(17)25)22(14-18)28-29-23-15-24(32(29)48-34-33(28)49-37(46)41-34)31-30(23)35(44)42(36(31)45)20-11-9-19(39)10-12-20/h1-14,23-24,28-32H,15-16H2,(H,40,43)(H,41,46)/t23-,24-,28-,29?,30?,31?,32?/m1/s1. The maximum absolute atomic E-state index is 14.0. The van der Waals surface area contributed by atoms with Crippen molar-refractivity contribution in [2.45, 2.75) is 22.6 Å². The van der Waals surface area contributed by atoms with Crippen LogP contribution in [-0.4, -0.2) is 34.6 Å². The number of H-pyrrole nitrogens is 1. The van der Waals surface area contributed by atoms with E-state index in [1.165, 1.54) is 29.2 Å². The quantitative estimate of drug-likeness (QED) is 0.182. The van der Waals surface area contributed by atoms with Crippen molar-refractivity contribution in [2.24, 2.45) is 29.6 Å². The maximum Gasteiger partial charge on any atom is 0.305 e. The maximum atomic E-state index is 14.0. The van der Waals surface area contributed by atoms with Crippen LogP contribution in [0.25, 0.3) is 10.8 Å². The summed E-state index contributed by atoms with van der Waals surface area (Å²) in [5.41, 5.74) is 1.78. The molecule has 2 saturated carbocycles. The molecule has 3 heterocycles. The number of ether oxygens (including phenoxy) is 1. The van der Waals surface area contributed by atoms with E-state index in [1.807, 2.05) is 48.5 Å². The number of carbonyl (C=O) groups is 3. The first-order valence-electron chi connectivity index (χ1n) is 16.0. The number of imide groups is 1. The molecule has 12 heteroatoms. The molecule has 246 valence electrons. The SMILES string of the molecule is O=C(COc1ccc(Cl)cc1[C@H]1c2sc(=O)[nH]c2SC2C1[C@H]1C[C@@H]2C2C(=O)N(c3ccc(F)cc3)C(=O)C21)Nc1cccc2ccccc12. The summed E-state index contributed by atoms with van der Waals surface area (Å²) < 4.78 is 20.0. The number of benzene rings is 4. The molecule has 1 aromatic heterocycles. The van der Waals surface area contributed by atoms with Gasteiger partial charge in [-0.1, -0.05) is 59.3 Å². The highest BCUT2D eigenvalue weighted by atomic mass is 35.5. The van der Waals surface area contributed by atoms with Gasteiger partial charge in [-0.2, -0.15) is 0 Å². The van der Waals surface area contributed by atoms with Gasteiger partial charge in [-0.25, -0.2) is 4.39 Å². The highest BCUT2D eigenvalue weighted by Crippen LogP contribution is 2.69. The molecule has 2 aliphatic heterocycles. The van der Waals surface area contributed by atoms with Gasteiger partial charge >= 0.3 is 4.87 Å². The third-order valence-electron chi connectivity index (χ3n) is 10.5. The number of hydrogen-bond acceptors (Lipinski definition) is 7. The van der Waals surface area contributed by atoms with Crippen molar-refractivity contribution in [2.75, 3.05) is 16.8 Å². The summed E-state index contributed by atoms with van der Waals surface area (Å²) in [5, 5.41) is 6.05. The molecule has 5 aromatic rings. The fraction of sp³-hybridized carbons (Fsp3) is 0.243. The summed E-state index contributed by atoms with van der Waals surface area (Å²) >= 11 is 9.31. The van der Waals surface area contributed by atoms with Crippen LogP contribution in [0.4, 0.5) is 15.8 Å². The molecule has 2 bridgehead atoms. The van der Waals surface area contributed by atoms with Crippen LogP contribution >= 0.6 is 34.7 Å². The highest BCUT2D eigenvalue weighted by molar-refractivity contribution is 8.00. The van der Waals surface area contributed by atoms with Crippen LogP contribution in [0.15, 0.2) is 94.7 Å². The third kappa shape index (κ3) is 4.85. The summed E-state index contributed by atoms with van der Waals surface area (Å²) in [7, 11) is 0. The molecule has 9 rings (SSSR count). The number of thiazole rings is 1. The number of carbonyl (C=O) groups excluding carboxylic acids is 3. The first-order valence-corrected chi connectivity index (χ1v) is 18.1. The van der Waals surface area contributed by atoms with Crippen molar-refractivity contribution in [1.82, 2.24) is 4.98 Å². The van der Waals surface area contributed by atoms with Crippen LogP contribution in [0.5, 0.6) is 5.75 Å². The van der Waals surface area contributed by atoms with Crippen molar-refractivity contribution < 1.29 is 23.5 Å². The number of halogens is 2. The van der Waals surface area contributed by atoms with Gasteiger partial charge in [-0.15, -0.1) is 11.8 Å². The summed E-state index contributed by atoms with van der Waals surface area (Å²) in [5.74, 6) is -2.57. The second-order valence-corrected chi connectivity index (χ2v) is 15.6. The predicted molar refractivity (Wildman–Crippen MR) is 187 cm³/mol. The number of amides is 3. The smallest absolute Gasteiger partial charge is 0.305 e. The Morgan fingerprint density at radius 2 is 1.71 bits per heavy atom. The summed E-state index contributed by atoms with van der Waals surface area (Å²) in [6.07, 6.45) is 0.701. The number of nitrogens with one attached hydrogen (secondary N) is 2. The Morgan fingerprint density at radius 1 is 0.959 bits per heavy atom. The van der Waals surface area contributed by atoms with Crippen molar-refractivity contribution in [1.29, 1.82) is 0 Å². The number of thioether (sulfide) groups is 1. The fourth-order valence-corrected chi connectivity index (χ4v) is 11.8. The number of nitrogens with zero attached hydrogens (tertiary/aromatic N) is 1. The molecule has 3 amide bonds. The van der Waals surface area contributed by atoms with E-state index in [9.17, 15) is 23.6 Å². The number of aromatic amines is 1. The molecule has 49 heavy (non-hydrogen) atoms. The van der Waals surface area contributed by atoms with E-state index in [-0.39, 0.29) is 58.1 Å². The second-order valence-electron chi connectivity index (χ2n) is 13.0. The molecule has 8 nitrogen and oxygen atoms in total. The number of fused-ring (bicyclic) bond motifs is 10. The summed E-state index contributed by atoms with van der Waals surface area (Å²) in [6, 6.07) is 24.2. The van der Waals surface area contributed by atoms with Crippen LogP contribution in [0.2, 0.25) is 5.02 Å². The molecular weight excluding hydrogens is 685 g/mol. The van der Waals surface area contributed by atoms with Crippen LogP contribution in [0.3, 0.4) is 0 Å². The van der Waals surface area contributed by atoms with E-state index in [4.69, 9.17) is 16.3 Å². The molecule has 1 saturated heterocycles. The summed E-state index contributed by atoms with van der Waals surface area (Å²) in [6.45, 7) is -0.264. The molecule has 4 unspecified atom stereocenters. The topological polar surface area (TPSA) is 109 Å². The lowest BCUT2D eigenvalue weighted by Gasteiger charge is -2.43. The number of aromatic nitrogens is 1. The minimum absolute atomic E-state index is 0.0552. The van der Waals surface area contributed by atoms with E-state index in [2.05, 4.69) is 10.3 Å². The minimum atomic E-state index is -0.529. The lowest BCUT2D eigenvalue weighted by molar-refractivity contribution is -0.123. The van der Waals surface area contributed by atoms with E-state index in [1.54, 1.807) is 23.9 Å².